The van der Waals surface area contributed by atoms with Crippen molar-refractivity contribution >= 4 is 0 Å². The first-order valence-corrected chi connectivity index (χ1v) is 8.92. The number of aromatic amines is 1. The highest BCUT2D eigenvalue weighted by Gasteiger charge is 2.25. The zero-order valence-corrected chi connectivity index (χ0v) is 14.5. The lowest BCUT2D eigenvalue weighted by Crippen LogP contribution is -2.34. The van der Waals surface area contributed by atoms with Gasteiger partial charge in [-0.3, -0.25) is 10.00 Å². The van der Waals surface area contributed by atoms with Gasteiger partial charge in [-0.15, -0.1) is 10.2 Å². The van der Waals surface area contributed by atoms with E-state index in [1.54, 1.807) is 0 Å². The lowest BCUT2D eigenvalue weighted by molar-refractivity contribution is 0.103. The number of nitrogens with zero attached hydrogens (tertiary/aromatic N) is 5. The van der Waals surface area contributed by atoms with E-state index in [1.165, 1.54) is 12.8 Å². The van der Waals surface area contributed by atoms with Crippen LogP contribution >= 0.6 is 0 Å². The van der Waals surface area contributed by atoms with Crippen LogP contribution in [0.4, 0.5) is 0 Å². The van der Waals surface area contributed by atoms with Crippen LogP contribution < -0.4 is 0 Å². The van der Waals surface area contributed by atoms with E-state index in [4.69, 9.17) is 4.74 Å². The van der Waals surface area contributed by atoms with E-state index in [0.29, 0.717) is 12.6 Å². The molecule has 0 unspecified atom stereocenters. The Morgan fingerprint density at radius 3 is 2.92 bits per heavy atom. The molecule has 1 N–H and O–H groups in total. The second kappa shape index (κ2) is 6.64. The van der Waals surface area contributed by atoms with Crippen LogP contribution in [0, 0.1) is 12.8 Å². The number of rotatable bonds is 6. The molecule has 2 aromatic rings. The van der Waals surface area contributed by atoms with Crippen molar-refractivity contribution in [3.05, 3.63) is 29.1 Å². The monoisotopic (exact) mass is 330 g/mol. The molecule has 7 heteroatoms. The maximum atomic E-state index is 5.81. The Hall–Kier alpha value is -1.73. The van der Waals surface area contributed by atoms with Gasteiger partial charge in [0, 0.05) is 44.4 Å². The minimum Gasteiger partial charge on any atom is -0.373 e. The summed E-state index contributed by atoms with van der Waals surface area (Å²) in [5.74, 6) is 2.83. The summed E-state index contributed by atoms with van der Waals surface area (Å²) in [5.41, 5.74) is 2.21. The summed E-state index contributed by atoms with van der Waals surface area (Å²) < 4.78 is 8.06. The zero-order valence-electron chi connectivity index (χ0n) is 14.5. The quantitative estimate of drug-likeness (QED) is 0.872. The van der Waals surface area contributed by atoms with E-state index in [-0.39, 0.29) is 0 Å². The topological polar surface area (TPSA) is 71.9 Å². The SMILES string of the molecule is Cc1cc(CN2CCn3c(COCC4CC4)nnc3C[C@@H]2C)n[nH]1. The van der Waals surface area contributed by atoms with Crippen molar-refractivity contribution < 1.29 is 4.74 Å². The summed E-state index contributed by atoms with van der Waals surface area (Å²) in [6.45, 7) is 8.51. The first-order chi connectivity index (χ1) is 11.7. The van der Waals surface area contributed by atoms with Crippen molar-refractivity contribution in [3.63, 3.8) is 0 Å². The number of nitrogens with one attached hydrogen (secondary N) is 1. The van der Waals surface area contributed by atoms with Gasteiger partial charge in [0.2, 0.25) is 0 Å². The standard InChI is InChI=1S/C17H26N6O/c1-12-7-15(19-18-12)9-22-5-6-23-16(8-13(22)2)20-21-17(23)11-24-10-14-3-4-14/h7,13-14H,3-6,8-11H2,1-2H3,(H,18,19)/t13-/m0/s1. The number of hydrogen-bond acceptors (Lipinski definition) is 5. The minimum atomic E-state index is 0.424. The molecule has 1 aliphatic carbocycles. The van der Waals surface area contributed by atoms with E-state index in [0.717, 1.165) is 61.6 Å². The summed E-state index contributed by atoms with van der Waals surface area (Å²) >= 11 is 0. The van der Waals surface area contributed by atoms with Crippen molar-refractivity contribution in [2.24, 2.45) is 5.92 Å². The van der Waals surface area contributed by atoms with E-state index >= 15 is 0 Å². The summed E-state index contributed by atoms with van der Waals surface area (Å²) in [7, 11) is 0. The van der Waals surface area contributed by atoms with E-state index < -0.39 is 0 Å². The molecule has 0 amide bonds. The fraction of sp³-hybridized carbons (Fsp3) is 0.706. The molecule has 1 fully saturated rings. The Kier molecular flexibility index (Phi) is 4.37. The van der Waals surface area contributed by atoms with Gasteiger partial charge in [0.25, 0.3) is 0 Å². The predicted molar refractivity (Wildman–Crippen MR) is 89.3 cm³/mol. The number of aromatic nitrogens is 5. The number of H-pyrrole nitrogens is 1. The molecule has 0 aromatic carbocycles. The van der Waals surface area contributed by atoms with Crippen molar-refractivity contribution in [1.82, 2.24) is 29.9 Å². The van der Waals surface area contributed by atoms with Gasteiger partial charge >= 0.3 is 0 Å². The second-order valence-electron chi connectivity index (χ2n) is 7.21. The molecule has 1 atom stereocenters. The fourth-order valence-corrected chi connectivity index (χ4v) is 3.33. The Labute approximate surface area is 142 Å². The third-order valence-electron chi connectivity index (χ3n) is 5.02. The number of fused-ring (bicyclic) bond motifs is 1. The maximum absolute atomic E-state index is 5.81. The van der Waals surface area contributed by atoms with Gasteiger partial charge < -0.3 is 9.30 Å². The molecule has 0 saturated heterocycles. The van der Waals surface area contributed by atoms with Crippen LogP contribution in [-0.4, -0.2) is 49.1 Å². The molecule has 2 aliphatic rings. The van der Waals surface area contributed by atoms with Gasteiger partial charge in [-0.25, -0.2) is 0 Å². The highest BCUT2D eigenvalue weighted by molar-refractivity contribution is 5.07. The molecule has 1 saturated carbocycles. The van der Waals surface area contributed by atoms with Gasteiger partial charge in [-0.1, -0.05) is 0 Å². The lowest BCUT2D eigenvalue weighted by atomic mass is 10.2. The van der Waals surface area contributed by atoms with Crippen LogP contribution in [-0.2, 0) is 30.9 Å². The third-order valence-corrected chi connectivity index (χ3v) is 5.02. The molecule has 7 nitrogen and oxygen atoms in total. The Bertz CT molecular complexity index is 689. The minimum absolute atomic E-state index is 0.424. The van der Waals surface area contributed by atoms with Crippen LogP contribution in [0.3, 0.4) is 0 Å². The molecule has 0 spiro atoms. The molecule has 0 radical (unpaired) electrons. The van der Waals surface area contributed by atoms with Gasteiger partial charge in [0.15, 0.2) is 5.82 Å². The Morgan fingerprint density at radius 2 is 2.17 bits per heavy atom. The van der Waals surface area contributed by atoms with Crippen LogP contribution in [0.5, 0.6) is 0 Å². The van der Waals surface area contributed by atoms with Crippen LogP contribution in [0.15, 0.2) is 6.07 Å². The third kappa shape index (κ3) is 3.52. The summed E-state index contributed by atoms with van der Waals surface area (Å²) in [6.07, 6.45) is 3.55. The van der Waals surface area contributed by atoms with Crippen LogP contribution in [0.25, 0.3) is 0 Å². The lowest BCUT2D eigenvalue weighted by Gasteiger charge is -2.25. The van der Waals surface area contributed by atoms with E-state index in [2.05, 4.69) is 42.9 Å². The summed E-state index contributed by atoms with van der Waals surface area (Å²) in [4.78, 5) is 2.47. The van der Waals surface area contributed by atoms with Gasteiger partial charge in [0.1, 0.15) is 12.4 Å². The highest BCUT2D eigenvalue weighted by atomic mass is 16.5. The average molecular weight is 330 g/mol. The Morgan fingerprint density at radius 1 is 1.29 bits per heavy atom. The number of aryl methyl sites for hydroxylation is 1. The summed E-state index contributed by atoms with van der Waals surface area (Å²) in [6, 6.07) is 2.54. The fourth-order valence-electron chi connectivity index (χ4n) is 3.33. The van der Waals surface area contributed by atoms with Gasteiger partial charge in [-0.2, -0.15) is 5.10 Å². The predicted octanol–water partition coefficient (Wildman–Crippen LogP) is 1.68. The number of ether oxygens (including phenoxy) is 1. The van der Waals surface area contributed by atoms with Crippen molar-refractivity contribution in [2.75, 3.05) is 13.2 Å². The zero-order chi connectivity index (χ0) is 16.5. The largest absolute Gasteiger partial charge is 0.373 e. The van der Waals surface area contributed by atoms with Crippen LogP contribution in [0.2, 0.25) is 0 Å². The first kappa shape index (κ1) is 15.8. The molecule has 2 aromatic heterocycles. The Balaban J connectivity index is 1.40. The van der Waals surface area contributed by atoms with Crippen molar-refractivity contribution in [2.45, 2.75) is 58.8 Å². The smallest absolute Gasteiger partial charge is 0.159 e. The van der Waals surface area contributed by atoms with E-state index in [1.807, 2.05) is 6.92 Å². The van der Waals surface area contributed by atoms with Crippen LogP contribution in [0.1, 0.15) is 42.8 Å². The summed E-state index contributed by atoms with van der Waals surface area (Å²) in [5, 5.41) is 16.2. The molecule has 0 bridgehead atoms. The van der Waals surface area contributed by atoms with Crippen molar-refractivity contribution in [1.29, 1.82) is 0 Å². The molecule has 1 aliphatic heterocycles. The molecular formula is C17H26N6O. The molecular weight excluding hydrogens is 304 g/mol. The van der Waals surface area contributed by atoms with Gasteiger partial charge in [-0.05, 0) is 38.7 Å². The molecule has 4 rings (SSSR count). The highest BCUT2D eigenvalue weighted by Crippen LogP contribution is 2.29. The second-order valence-corrected chi connectivity index (χ2v) is 7.21. The normalized spacial score (nSPS) is 21.7. The van der Waals surface area contributed by atoms with E-state index in [9.17, 15) is 0 Å². The first-order valence-electron chi connectivity index (χ1n) is 8.92. The maximum Gasteiger partial charge on any atom is 0.159 e. The molecule has 3 heterocycles. The molecule has 130 valence electrons. The molecule has 24 heavy (non-hydrogen) atoms. The van der Waals surface area contributed by atoms with Crippen molar-refractivity contribution in [3.8, 4) is 0 Å². The van der Waals surface area contributed by atoms with Gasteiger partial charge in [0.05, 0.1) is 5.69 Å². The average Bonchev–Trinajstić information content (AvgIpc) is 3.21. The number of hydrogen-bond donors (Lipinski definition) is 1.